The Morgan fingerprint density at radius 3 is 2.50 bits per heavy atom. The molecule has 0 bridgehead atoms. The molecule has 0 amide bonds. The standard InChI is InChI=1S/C24H31N5O/c1-4-25-24(26-16-8-9-19-12-14-22(15-13-19)29(2)3)27-17-21-18-30-23(28-21)20-10-6-5-7-11-20/h5-7,10-15,18H,4,8-9,16-17H2,1-3H3,(H2,25,26,27). The van der Waals surface area contributed by atoms with Gasteiger partial charge in [-0.1, -0.05) is 30.3 Å². The summed E-state index contributed by atoms with van der Waals surface area (Å²) < 4.78 is 5.59. The number of oxazole rings is 1. The van der Waals surface area contributed by atoms with Crippen LogP contribution in [0.4, 0.5) is 5.69 Å². The van der Waals surface area contributed by atoms with Crippen LogP contribution in [0.15, 0.2) is 70.3 Å². The second kappa shape index (κ2) is 11.0. The van der Waals surface area contributed by atoms with Crippen LogP contribution in [0.25, 0.3) is 11.5 Å². The van der Waals surface area contributed by atoms with Crippen LogP contribution >= 0.6 is 0 Å². The van der Waals surface area contributed by atoms with Gasteiger partial charge < -0.3 is 20.0 Å². The second-order valence-electron chi connectivity index (χ2n) is 7.30. The summed E-state index contributed by atoms with van der Waals surface area (Å²) >= 11 is 0. The van der Waals surface area contributed by atoms with Gasteiger partial charge in [-0.05, 0) is 49.6 Å². The van der Waals surface area contributed by atoms with E-state index in [1.54, 1.807) is 6.26 Å². The minimum absolute atomic E-state index is 0.470. The van der Waals surface area contributed by atoms with Gasteiger partial charge in [0, 0.05) is 38.4 Å². The molecule has 6 nitrogen and oxygen atoms in total. The number of nitrogens with one attached hydrogen (secondary N) is 2. The molecule has 0 unspecified atom stereocenters. The van der Waals surface area contributed by atoms with Crippen molar-refractivity contribution in [1.29, 1.82) is 0 Å². The van der Waals surface area contributed by atoms with E-state index < -0.39 is 0 Å². The molecule has 0 aliphatic rings. The molecule has 3 aromatic rings. The number of aryl methyl sites for hydroxylation is 1. The molecule has 0 aliphatic heterocycles. The number of benzene rings is 2. The summed E-state index contributed by atoms with van der Waals surface area (Å²) in [4.78, 5) is 11.3. The number of guanidine groups is 1. The van der Waals surface area contributed by atoms with E-state index in [1.807, 2.05) is 30.3 Å². The van der Waals surface area contributed by atoms with Gasteiger partial charge in [-0.2, -0.15) is 0 Å². The van der Waals surface area contributed by atoms with Crippen LogP contribution < -0.4 is 15.5 Å². The second-order valence-corrected chi connectivity index (χ2v) is 7.30. The Hall–Kier alpha value is -3.28. The lowest BCUT2D eigenvalue weighted by Gasteiger charge is -2.13. The molecule has 0 saturated heterocycles. The molecule has 3 rings (SSSR count). The van der Waals surface area contributed by atoms with Crippen LogP contribution in [0.1, 0.15) is 24.6 Å². The maximum atomic E-state index is 5.59. The molecule has 0 fully saturated rings. The highest BCUT2D eigenvalue weighted by atomic mass is 16.3. The summed E-state index contributed by atoms with van der Waals surface area (Å²) in [6.45, 7) is 4.20. The fourth-order valence-electron chi connectivity index (χ4n) is 3.05. The van der Waals surface area contributed by atoms with Crippen LogP contribution in [-0.4, -0.2) is 38.1 Å². The molecule has 1 aromatic heterocycles. The molecule has 0 radical (unpaired) electrons. The number of hydrogen-bond acceptors (Lipinski definition) is 4. The normalized spacial score (nSPS) is 11.4. The highest BCUT2D eigenvalue weighted by Crippen LogP contribution is 2.18. The van der Waals surface area contributed by atoms with Crippen molar-refractivity contribution in [2.75, 3.05) is 32.1 Å². The lowest BCUT2D eigenvalue weighted by atomic mass is 10.1. The topological polar surface area (TPSA) is 65.7 Å². The van der Waals surface area contributed by atoms with Crippen molar-refractivity contribution in [2.24, 2.45) is 4.99 Å². The molecule has 0 atom stereocenters. The van der Waals surface area contributed by atoms with Gasteiger partial charge in [0.1, 0.15) is 12.0 Å². The fourth-order valence-corrected chi connectivity index (χ4v) is 3.05. The van der Waals surface area contributed by atoms with Crippen LogP contribution in [0.3, 0.4) is 0 Å². The first-order valence-electron chi connectivity index (χ1n) is 10.4. The molecule has 1 heterocycles. The lowest BCUT2D eigenvalue weighted by Crippen LogP contribution is -2.37. The highest BCUT2D eigenvalue weighted by Gasteiger charge is 2.06. The van der Waals surface area contributed by atoms with Crippen molar-refractivity contribution >= 4 is 11.6 Å². The average Bonchev–Trinajstić information content (AvgIpc) is 3.25. The summed E-state index contributed by atoms with van der Waals surface area (Å²) in [5, 5.41) is 6.69. The average molecular weight is 406 g/mol. The fraction of sp³-hybridized carbons (Fsp3) is 0.333. The maximum absolute atomic E-state index is 5.59. The van der Waals surface area contributed by atoms with Crippen molar-refractivity contribution in [3.05, 3.63) is 72.1 Å². The van der Waals surface area contributed by atoms with E-state index in [2.05, 4.69) is 70.8 Å². The predicted octanol–water partition coefficient (Wildman–Crippen LogP) is 4.10. The Labute approximate surface area is 179 Å². The zero-order chi connectivity index (χ0) is 21.2. The Morgan fingerprint density at radius 1 is 1.03 bits per heavy atom. The minimum Gasteiger partial charge on any atom is -0.444 e. The van der Waals surface area contributed by atoms with E-state index in [0.29, 0.717) is 12.4 Å². The highest BCUT2D eigenvalue weighted by molar-refractivity contribution is 5.79. The molecule has 2 N–H and O–H groups in total. The largest absolute Gasteiger partial charge is 0.444 e. The van der Waals surface area contributed by atoms with E-state index in [-0.39, 0.29) is 0 Å². The summed E-state index contributed by atoms with van der Waals surface area (Å²) in [5.41, 5.74) is 4.35. The smallest absolute Gasteiger partial charge is 0.226 e. The first kappa shape index (κ1) is 21.4. The molecule has 30 heavy (non-hydrogen) atoms. The summed E-state index contributed by atoms with van der Waals surface area (Å²) in [6, 6.07) is 18.6. The number of aromatic nitrogens is 1. The monoisotopic (exact) mass is 405 g/mol. The maximum Gasteiger partial charge on any atom is 0.226 e. The summed E-state index contributed by atoms with van der Waals surface area (Å²) in [6.07, 6.45) is 3.74. The van der Waals surface area contributed by atoms with Gasteiger partial charge in [-0.15, -0.1) is 0 Å². The van der Waals surface area contributed by atoms with E-state index in [1.165, 1.54) is 11.3 Å². The Kier molecular flexibility index (Phi) is 7.89. The third-order valence-corrected chi connectivity index (χ3v) is 4.70. The van der Waals surface area contributed by atoms with Gasteiger partial charge in [0.15, 0.2) is 5.96 Å². The molecule has 0 spiro atoms. The third kappa shape index (κ3) is 6.37. The van der Waals surface area contributed by atoms with Crippen molar-refractivity contribution in [3.63, 3.8) is 0 Å². The van der Waals surface area contributed by atoms with Gasteiger partial charge in [0.05, 0.1) is 6.54 Å². The Bertz CT molecular complexity index is 916. The Balaban J connectivity index is 1.48. The van der Waals surface area contributed by atoms with Gasteiger partial charge >= 0.3 is 0 Å². The number of nitrogens with zero attached hydrogens (tertiary/aromatic N) is 3. The van der Waals surface area contributed by atoms with E-state index in [9.17, 15) is 0 Å². The van der Waals surface area contributed by atoms with Crippen molar-refractivity contribution in [1.82, 2.24) is 15.6 Å². The van der Waals surface area contributed by atoms with E-state index in [4.69, 9.17) is 4.42 Å². The molecule has 158 valence electrons. The molecule has 2 aromatic carbocycles. The van der Waals surface area contributed by atoms with Gasteiger partial charge in [0.2, 0.25) is 5.89 Å². The van der Waals surface area contributed by atoms with Gasteiger partial charge in [-0.3, -0.25) is 0 Å². The number of aliphatic imine (C=N–C) groups is 1. The zero-order valence-corrected chi connectivity index (χ0v) is 18.1. The molecule has 6 heteroatoms. The summed E-state index contributed by atoms with van der Waals surface area (Å²) in [7, 11) is 4.12. The summed E-state index contributed by atoms with van der Waals surface area (Å²) in [5.74, 6) is 1.42. The molecular formula is C24H31N5O. The van der Waals surface area contributed by atoms with Crippen LogP contribution in [0.5, 0.6) is 0 Å². The zero-order valence-electron chi connectivity index (χ0n) is 18.1. The first-order chi connectivity index (χ1) is 14.7. The van der Waals surface area contributed by atoms with Crippen LogP contribution in [0, 0.1) is 0 Å². The third-order valence-electron chi connectivity index (χ3n) is 4.70. The lowest BCUT2D eigenvalue weighted by molar-refractivity contribution is 0.572. The number of rotatable bonds is 9. The first-order valence-corrected chi connectivity index (χ1v) is 10.4. The number of anilines is 1. The van der Waals surface area contributed by atoms with Crippen LogP contribution in [-0.2, 0) is 13.0 Å². The molecule has 0 aliphatic carbocycles. The SMILES string of the molecule is CCNC(=NCc1coc(-c2ccccc2)n1)NCCCc1ccc(N(C)C)cc1. The van der Waals surface area contributed by atoms with Crippen molar-refractivity contribution in [3.8, 4) is 11.5 Å². The Morgan fingerprint density at radius 2 is 1.80 bits per heavy atom. The minimum atomic E-state index is 0.470. The number of hydrogen-bond donors (Lipinski definition) is 2. The molecular weight excluding hydrogens is 374 g/mol. The van der Waals surface area contributed by atoms with E-state index in [0.717, 1.165) is 43.1 Å². The predicted molar refractivity (Wildman–Crippen MR) is 124 cm³/mol. The van der Waals surface area contributed by atoms with E-state index >= 15 is 0 Å². The van der Waals surface area contributed by atoms with Crippen LogP contribution in [0.2, 0.25) is 0 Å². The van der Waals surface area contributed by atoms with Gasteiger partial charge in [0.25, 0.3) is 0 Å². The quantitative estimate of drug-likeness (QED) is 0.319. The van der Waals surface area contributed by atoms with Crippen molar-refractivity contribution < 1.29 is 4.42 Å². The molecule has 0 saturated carbocycles. The van der Waals surface area contributed by atoms with Crippen molar-refractivity contribution in [2.45, 2.75) is 26.3 Å². The van der Waals surface area contributed by atoms with Gasteiger partial charge in [-0.25, -0.2) is 9.98 Å².